The van der Waals surface area contributed by atoms with Gasteiger partial charge < -0.3 is 15.3 Å². The summed E-state index contributed by atoms with van der Waals surface area (Å²) in [4.78, 5) is 0. The first-order valence-corrected chi connectivity index (χ1v) is 5.28. The fourth-order valence-corrected chi connectivity index (χ4v) is 2.16. The van der Waals surface area contributed by atoms with Gasteiger partial charge in [-0.1, -0.05) is 25.7 Å². The number of rotatable bonds is 0. The van der Waals surface area contributed by atoms with Crippen molar-refractivity contribution in [2.45, 2.75) is 57.8 Å². The quantitative estimate of drug-likeness (QED) is 0.517. The van der Waals surface area contributed by atoms with Crippen LogP contribution in [0.5, 0.6) is 0 Å². The van der Waals surface area contributed by atoms with Crippen molar-refractivity contribution in [2.75, 3.05) is 0 Å². The Morgan fingerprint density at radius 1 is 1.13 bits per heavy atom. The maximum atomic E-state index is 10.5. The second kappa shape index (κ2) is 3.48. The topological polar surface area (TPSA) is 60.7 Å². The molecule has 1 aliphatic rings. The first-order valence-electron chi connectivity index (χ1n) is 5.28. The smallest absolute Gasteiger partial charge is 0.158 e. The Balaban J connectivity index is 3.13. The molecule has 0 aromatic rings. The molecular weight excluding hydrogens is 192 g/mol. The molecule has 3 nitrogen and oxygen atoms in total. The third-order valence-corrected chi connectivity index (χ3v) is 3.46. The summed E-state index contributed by atoms with van der Waals surface area (Å²) < 4.78 is 0. The van der Waals surface area contributed by atoms with Gasteiger partial charge in [0.1, 0.15) is 11.7 Å². The SMILES string of the molecule is CC(O)C#CC1(O)C(C)(C)CCC1(C)O. The van der Waals surface area contributed by atoms with E-state index in [0.29, 0.717) is 12.8 Å². The Hall–Kier alpha value is -0.560. The van der Waals surface area contributed by atoms with E-state index < -0.39 is 22.7 Å². The highest BCUT2D eigenvalue weighted by Crippen LogP contribution is 2.51. The maximum absolute atomic E-state index is 10.5. The molecule has 0 saturated heterocycles. The first-order chi connectivity index (χ1) is 6.62. The van der Waals surface area contributed by atoms with Gasteiger partial charge in [-0.05, 0) is 26.7 Å². The van der Waals surface area contributed by atoms with Crippen LogP contribution in [0.25, 0.3) is 0 Å². The van der Waals surface area contributed by atoms with Crippen molar-refractivity contribution >= 4 is 0 Å². The van der Waals surface area contributed by atoms with Gasteiger partial charge in [0.2, 0.25) is 0 Å². The van der Waals surface area contributed by atoms with Crippen LogP contribution in [0.3, 0.4) is 0 Å². The van der Waals surface area contributed by atoms with Crippen molar-refractivity contribution in [3.8, 4) is 11.8 Å². The third kappa shape index (κ3) is 1.90. The monoisotopic (exact) mass is 212 g/mol. The van der Waals surface area contributed by atoms with E-state index in [-0.39, 0.29) is 0 Å². The summed E-state index contributed by atoms with van der Waals surface area (Å²) in [6.45, 7) is 6.89. The predicted octanol–water partition coefficient (Wildman–Crippen LogP) is 0.673. The fourth-order valence-electron chi connectivity index (χ4n) is 2.16. The molecule has 0 spiro atoms. The van der Waals surface area contributed by atoms with E-state index in [9.17, 15) is 10.2 Å². The number of aliphatic hydroxyl groups is 3. The summed E-state index contributed by atoms with van der Waals surface area (Å²) >= 11 is 0. The lowest BCUT2D eigenvalue weighted by atomic mass is 9.73. The molecule has 0 amide bonds. The van der Waals surface area contributed by atoms with Gasteiger partial charge in [0.15, 0.2) is 5.60 Å². The molecule has 0 heterocycles. The van der Waals surface area contributed by atoms with Crippen molar-refractivity contribution in [3.05, 3.63) is 0 Å². The maximum Gasteiger partial charge on any atom is 0.158 e. The van der Waals surface area contributed by atoms with E-state index in [1.54, 1.807) is 6.92 Å². The predicted molar refractivity (Wildman–Crippen MR) is 58.0 cm³/mol. The van der Waals surface area contributed by atoms with Crippen LogP contribution in [0.15, 0.2) is 0 Å². The van der Waals surface area contributed by atoms with E-state index in [1.165, 1.54) is 6.92 Å². The molecule has 0 aromatic heterocycles. The van der Waals surface area contributed by atoms with Gasteiger partial charge in [0.25, 0.3) is 0 Å². The van der Waals surface area contributed by atoms with Crippen LogP contribution in [0, 0.1) is 17.3 Å². The zero-order valence-corrected chi connectivity index (χ0v) is 9.83. The molecule has 3 N–H and O–H groups in total. The Morgan fingerprint density at radius 3 is 2.00 bits per heavy atom. The van der Waals surface area contributed by atoms with Crippen molar-refractivity contribution in [3.63, 3.8) is 0 Å². The van der Waals surface area contributed by atoms with Crippen LogP contribution < -0.4 is 0 Å². The van der Waals surface area contributed by atoms with Crippen molar-refractivity contribution in [2.24, 2.45) is 5.41 Å². The molecule has 0 radical (unpaired) electrons. The highest BCUT2D eigenvalue weighted by atomic mass is 16.4. The zero-order chi connectivity index (χ0) is 11.9. The van der Waals surface area contributed by atoms with Gasteiger partial charge in [-0.3, -0.25) is 0 Å². The molecule has 3 heteroatoms. The van der Waals surface area contributed by atoms with E-state index in [2.05, 4.69) is 11.8 Å². The van der Waals surface area contributed by atoms with E-state index >= 15 is 0 Å². The number of aliphatic hydroxyl groups excluding tert-OH is 1. The molecule has 1 aliphatic carbocycles. The molecule has 1 fully saturated rings. The number of hydrogen-bond acceptors (Lipinski definition) is 3. The molecule has 3 atom stereocenters. The van der Waals surface area contributed by atoms with Crippen molar-refractivity contribution in [1.82, 2.24) is 0 Å². The highest BCUT2D eigenvalue weighted by Gasteiger charge is 2.60. The molecule has 0 aromatic carbocycles. The minimum absolute atomic E-state index is 0.460. The Kier molecular flexibility index (Phi) is 2.90. The van der Waals surface area contributed by atoms with Crippen LogP contribution in [0.2, 0.25) is 0 Å². The summed E-state index contributed by atoms with van der Waals surface area (Å²) in [5, 5.41) is 29.7. The Morgan fingerprint density at radius 2 is 1.67 bits per heavy atom. The second-order valence-corrected chi connectivity index (χ2v) is 5.31. The van der Waals surface area contributed by atoms with Crippen LogP contribution in [0.4, 0.5) is 0 Å². The lowest BCUT2D eigenvalue weighted by Crippen LogP contribution is -2.54. The van der Waals surface area contributed by atoms with Crippen LogP contribution >= 0.6 is 0 Å². The van der Waals surface area contributed by atoms with Crippen molar-refractivity contribution in [1.29, 1.82) is 0 Å². The molecule has 0 aliphatic heterocycles. The first kappa shape index (κ1) is 12.5. The minimum Gasteiger partial charge on any atom is -0.386 e. The van der Waals surface area contributed by atoms with Crippen LogP contribution in [0.1, 0.15) is 40.5 Å². The van der Waals surface area contributed by atoms with Gasteiger partial charge in [-0.2, -0.15) is 0 Å². The molecular formula is C12H20O3. The summed E-state index contributed by atoms with van der Waals surface area (Å²) in [7, 11) is 0. The van der Waals surface area contributed by atoms with Gasteiger partial charge in [-0.15, -0.1) is 0 Å². The molecule has 15 heavy (non-hydrogen) atoms. The highest BCUT2D eigenvalue weighted by molar-refractivity contribution is 5.29. The Labute approximate surface area is 91.1 Å². The summed E-state index contributed by atoms with van der Waals surface area (Å²) in [6.07, 6.45) is 0.442. The van der Waals surface area contributed by atoms with Gasteiger partial charge in [0.05, 0.1) is 0 Å². The molecule has 1 saturated carbocycles. The average molecular weight is 212 g/mol. The normalized spacial score (nSPS) is 40.7. The lowest BCUT2D eigenvalue weighted by molar-refractivity contribution is -0.123. The summed E-state index contributed by atoms with van der Waals surface area (Å²) in [5.74, 6) is 5.18. The molecule has 3 unspecified atom stereocenters. The Bertz CT molecular complexity index is 289. The van der Waals surface area contributed by atoms with Gasteiger partial charge in [-0.25, -0.2) is 0 Å². The van der Waals surface area contributed by atoms with E-state index in [1.807, 2.05) is 13.8 Å². The standard InChI is InChI=1S/C12H20O3/c1-9(13)5-6-12(15)10(2,3)7-8-11(12,4)14/h9,13-15H,7-8H2,1-4H3. The number of hydrogen-bond donors (Lipinski definition) is 3. The van der Waals surface area contributed by atoms with Crippen LogP contribution in [-0.2, 0) is 0 Å². The van der Waals surface area contributed by atoms with Gasteiger partial charge in [0, 0.05) is 5.41 Å². The van der Waals surface area contributed by atoms with Gasteiger partial charge >= 0.3 is 0 Å². The fraction of sp³-hybridized carbons (Fsp3) is 0.833. The lowest BCUT2D eigenvalue weighted by Gasteiger charge is -2.39. The molecule has 86 valence electrons. The third-order valence-electron chi connectivity index (χ3n) is 3.46. The van der Waals surface area contributed by atoms with E-state index in [0.717, 1.165) is 0 Å². The summed E-state index contributed by atoms with van der Waals surface area (Å²) in [5.41, 5.74) is -3.12. The molecule has 0 bridgehead atoms. The van der Waals surface area contributed by atoms with Crippen LogP contribution in [-0.4, -0.2) is 32.6 Å². The molecule has 1 rings (SSSR count). The minimum atomic E-state index is -1.45. The van der Waals surface area contributed by atoms with E-state index in [4.69, 9.17) is 5.11 Å². The zero-order valence-electron chi connectivity index (χ0n) is 9.83. The second-order valence-electron chi connectivity index (χ2n) is 5.31. The largest absolute Gasteiger partial charge is 0.386 e. The summed E-state index contributed by atoms with van der Waals surface area (Å²) in [6, 6.07) is 0. The average Bonchev–Trinajstić information content (AvgIpc) is 2.24. The van der Waals surface area contributed by atoms with Crippen molar-refractivity contribution < 1.29 is 15.3 Å².